The van der Waals surface area contributed by atoms with Crippen LogP contribution in [-0.2, 0) is 16.0 Å². The van der Waals surface area contributed by atoms with Gasteiger partial charge in [0.15, 0.2) is 0 Å². The molecule has 34 heavy (non-hydrogen) atoms. The van der Waals surface area contributed by atoms with Gasteiger partial charge in [0.05, 0.1) is 10.6 Å². The number of carbonyl (C=O) groups excluding carboxylic acids is 3. The van der Waals surface area contributed by atoms with Gasteiger partial charge in [0.2, 0.25) is 5.91 Å². The third kappa shape index (κ3) is 4.56. The summed E-state index contributed by atoms with van der Waals surface area (Å²) < 4.78 is 2.21. The SMILES string of the molecule is CCc1cccc(C)c1-n1c(C)cc(/C=C2\SC(=O)N(CC(=O)Nc3ccccc3)C2=O)c1C. The van der Waals surface area contributed by atoms with E-state index in [2.05, 4.69) is 41.9 Å². The Kier molecular flexibility index (Phi) is 6.75. The number of para-hydroxylation sites is 2. The lowest BCUT2D eigenvalue weighted by atomic mass is 10.1. The first-order chi connectivity index (χ1) is 16.3. The summed E-state index contributed by atoms with van der Waals surface area (Å²) in [6.07, 6.45) is 2.66. The minimum Gasteiger partial charge on any atom is -0.325 e. The molecule has 0 unspecified atom stereocenters. The second-order valence-corrected chi connectivity index (χ2v) is 9.27. The number of imide groups is 1. The van der Waals surface area contributed by atoms with Crippen molar-refractivity contribution >= 4 is 40.6 Å². The summed E-state index contributed by atoms with van der Waals surface area (Å²) in [4.78, 5) is 39.2. The van der Waals surface area contributed by atoms with Crippen LogP contribution in [0.3, 0.4) is 0 Å². The van der Waals surface area contributed by atoms with Gasteiger partial charge in [-0.3, -0.25) is 19.3 Å². The minimum absolute atomic E-state index is 0.318. The zero-order valence-corrected chi connectivity index (χ0v) is 20.5. The van der Waals surface area contributed by atoms with Gasteiger partial charge in [-0.15, -0.1) is 0 Å². The molecule has 0 saturated carbocycles. The van der Waals surface area contributed by atoms with Gasteiger partial charge in [0.1, 0.15) is 6.54 Å². The fraction of sp³-hybridized carbons (Fsp3) is 0.222. The first kappa shape index (κ1) is 23.6. The minimum atomic E-state index is -0.451. The normalized spacial score (nSPS) is 14.8. The highest BCUT2D eigenvalue weighted by Gasteiger charge is 2.36. The lowest BCUT2D eigenvalue weighted by Crippen LogP contribution is -2.36. The van der Waals surface area contributed by atoms with Gasteiger partial charge in [0.25, 0.3) is 11.1 Å². The van der Waals surface area contributed by atoms with Crippen molar-refractivity contribution in [1.82, 2.24) is 9.47 Å². The van der Waals surface area contributed by atoms with Crippen LogP contribution in [0.2, 0.25) is 0 Å². The van der Waals surface area contributed by atoms with Crippen molar-refractivity contribution in [1.29, 1.82) is 0 Å². The molecule has 1 aliphatic heterocycles. The predicted octanol–water partition coefficient (Wildman–Crippen LogP) is 5.64. The van der Waals surface area contributed by atoms with Crippen molar-refractivity contribution in [3.8, 4) is 5.69 Å². The number of thioether (sulfide) groups is 1. The maximum Gasteiger partial charge on any atom is 0.294 e. The van der Waals surface area contributed by atoms with E-state index in [0.29, 0.717) is 10.6 Å². The third-order valence-electron chi connectivity index (χ3n) is 5.92. The average Bonchev–Trinajstić information content (AvgIpc) is 3.23. The highest BCUT2D eigenvalue weighted by atomic mass is 32.2. The lowest BCUT2D eigenvalue weighted by molar-refractivity contribution is -0.127. The number of aryl methyl sites for hydroxylation is 3. The number of hydrogen-bond acceptors (Lipinski definition) is 4. The van der Waals surface area contributed by atoms with Crippen LogP contribution in [0.5, 0.6) is 0 Å². The number of nitrogens with zero attached hydrogens (tertiary/aromatic N) is 2. The Morgan fingerprint density at radius 2 is 1.76 bits per heavy atom. The van der Waals surface area contributed by atoms with Gasteiger partial charge in [-0.2, -0.15) is 0 Å². The summed E-state index contributed by atoms with van der Waals surface area (Å²) in [5.41, 5.74) is 7.12. The molecule has 1 aliphatic rings. The van der Waals surface area contributed by atoms with E-state index in [9.17, 15) is 14.4 Å². The quantitative estimate of drug-likeness (QED) is 0.470. The van der Waals surface area contributed by atoms with Crippen molar-refractivity contribution in [2.24, 2.45) is 0 Å². The Hall–Kier alpha value is -3.58. The molecule has 1 N–H and O–H groups in total. The number of hydrogen-bond donors (Lipinski definition) is 1. The molecule has 7 heteroatoms. The predicted molar refractivity (Wildman–Crippen MR) is 137 cm³/mol. The monoisotopic (exact) mass is 473 g/mol. The van der Waals surface area contributed by atoms with Crippen molar-refractivity contribution in [2.75, 3.05) is 11.9 Å². The average molecular weight is 474 g/mol. The molecule has 1 aromatic heterocycles. The Labute approximate surface area is 203 Å². The summed E-state index contributed by atoms with van der Waals surface area (Å²) >= 11 is 0.865. The van der Waals surface area contributed by atoms with E-state index in [1.165, 1.54) is 11.1 Å². The van der Waals surface area contributed by atoms with Gasteiger partial charge in [0, 0.05) is 17.1 Å². The Morgan fingerprint density at radius 1 is 1.03 bits per heavy atom. The van der Waals surface area contributed by atoms with Crippen molar-refractivity contribution in [2.45, 2.75) is 34.1 Å². The highest BCUT2D eigenvalue weighted by molar-refractivity contribution is 8.18. The molecule has 3 aromatic rings. The van der Waals surface area contributed by atoms with Crippen molar-refractivity contribution in [3.05, 3.63) is 87.6 Å². The molecule has 174 valence electrons. The molecule has 1 fully saturated rings. The number of rotatable bonds is 6. The maximum atomic E-state index is 13.0. The van der Waals surface area contributed by atoms with Crippen LogP contribution in [0.4, 0.5) is 10.5 Å². The first-order valence-corrected chi connectivity index (χ1v) is 12.0. The molecule has 1 saturated heterocycles. The second-order valence-electron chi connectivity index (χ2n) is 8.28. The van der Waals surface area contributed by atoms with E-state index < -0.39 is 17.1 Å². The van der Waals surface area contributed by atoms with E-state index >= 15 is 0 Å². The van der Waals surface area contributed by atoms with Crippen LogP contribution in [0.25, 0.3) is 11.8 Å². The fourth-order valence-corrected chi connectivity index (χ4v) is 5.08. The molecule has 2 heterocycles. The Balaban J connectivity index is 1.59. The van der Waals surface area contributed by atoms with Gasteiger partial charge in [-0.25, -0.2) is 0 Å². The molecule has 0 radical (unpaired) electrons. The molecule has 6 nitrogen and oxygen atoms in total. The van der Waals surface area contributed by atoms with Gasteiger partial charge < -0.3 is 9.88 Å². The lowest BCUT2D eigenvalue weighted by Gasteiger charge is -2.17. The Morgan fingerprint density at radius 3 is 2.47 bits per heavy atom. The number of carbonyl (C=O) groups is 3. The zero-order chi connectivity index (χ0) is 24.4. The number of aromatic nitrogens is 1. The smallest absolute Gasteiger partial charge is 0.294 e. The van der Waals surface area contributed by atoms with Gasteiger partial charge in [-0.05, 0) is 79.9 Å². The van der Waals surface area contributed by atoms with E-state index in [0.717, 1.165) is 45.7 Å². The first-order valence-electron chi connectivity index (χ1n) is 11.2. The zero-order valence-electron chi connectivity index (χ0n) is 19.7. The number of amides is 3. The van der Waals surface area contributed by atoms with E-state index in [4.69, 9.17) is 0 Å². The molecule has 0 atom stereocenters. The van der Waals surface area contributed by atoms with Gasteiger partial charge >= 0.3 is 0 Å². The molecular weight excluding hydrogens is 446 g/mol. The maximum absolute atomic E-state index is 13.0. The van der Waals surface area contributed by atoms with E-state index in [1.54, 1.807) is 30.3 Å². The van der Waals surface area contributed by atoms with Gasteiger partial charge in [-0.1, -0.05) is 43.3 Å². The van der Waals surface area contributed by atoms with Crippen LogP contribution >= 0.6 is 11.8 Å². The summed E-state index contributed by atoms with van der Waals surface area (Å²) in [6.45, 7) is 7.97. The summed E-state index contributed by atoms with van der Waals surface area (Å²) in [7, 11) is 0. The topological polar surface area (TPSA) is 71.4 Å². The van der Waals surface area contributed by atoms with E-state index in [1.807, 2.05) is 26.0 Å². The Bertz CT molecular complexity index is 1310. The van der Waals surface area contributed by atoms with Crippen LogP contribution in [0, 0.1) is 20.8 Å². The molecule has 0 bridgehead atoms. The summed E-state index contributed by atoms with van der Waals surface area (Å²) in [5, 5.41) is 2.27. The molecule has 3 amide bonds. The number of anilines is 1. The molecule has 0 spiro atoms. The molecule has 0 aliphatic carbocycles. The molecule has 2 aromatic carbocycles. The standard InChI is InChI=1S/C27H27N3O3S/c1-5-20-11-9-10-17(2)25(20)30-18(3)14-21(19(30)4)15-23-26(32)29(27(33)34-23)16-24(31)28-22-12-7-6-8-13-22/h6-15H,5,16H2,1-4H3,(H,28,31)/b23-15-. The highest BCUT2D eigenvalue weighted by Crippen LogP contribution is 2.34. The molecular formula is C27H27N3O3S. The van der Waals surface area contributed by atoms with Crippen LogP contribution in [0.1, 0.15) is 35.0 Å². The summed E-state index contributed by atoms with van der Waals surface area (Å²) in [6, 6.07) is 17.3. The van der Waals surface area contributed by atoms with Crippen molar-refractivity contribution < 1.29 is 14.4 Å². The van der Waals surface area contributed by atoms with Crippen LogP contribution in [-0.4, -0.2) is 33.1 Å². The van der Waals surface area contributed by atoms with E-state index in [-0.39, 0.29) is 6.54 Å². The fourth-order valence-electron chi connectivity index (χ4n) is 4.25. The van der Waals surface area contributed by atoms with Crippen molar-refractivity contribution in [3.63, 3.8) is 0 Å². The number of benzene rings is 2. The number of nitrogens with one attached hydrogen (secondary N) is 1. The van der Waals surface area contributed by atoms with Crippen LogP contribution < -0.4 is 5.32 Å². The third-order valence-corrected chi connectivity index (χ3v) is 6.82. The van der Waals surface area contributed by atoms with Crippen LogP contribution in [0.15, 0.2) is 59.5 Å². The summed E-state index contributed by atoms with van der Waals surface area (Å²) in [5.74, 6) is -0.868. The molecule has 4 rings (SSSR count). The second kappa shape index (κ2) is 9.73. The largest absolute Gasteiger partial charge is 0.325 e.